The van der Waals surface area contributed by atoms with Gasteiger partial charge in [-0.15, -0.1) is 0 Å². The van der Waals surface area contributed by atoms with Gasteiger partial charge in [-0.1, -0.05) is 15.9 Å². The Kier molecular flexibility index (Phi) is 7.15. The van der Waals surface area contributed by atoms with Crippen molar-refractivity contribution < 1.29 is 9.47 Å². The molecule has 0 fully saturated rings. The van der Waals surface area contributed by atoms with Crippen molar-refractivity contribution in [3.05, 3.63) is 18.0 Å². The maximum atomic E-state index is 5.19. The summed E-state index contributed by atoms with van der Waals surface area (Å²) in [4.78, 5) is 10.8. The number of halogens is 1. The highest BCUT2D eigenvalue weighted by molar-refractivity contribution is 9.08. The quantitative estimate of drug-likeness (QED) is 0.685. The number of anilines is 1. The van der Waals surface area contributed by atoms with Gasteiger partial charge in [-0.3, -0.25) is 0 Å². The Morgan fingerprint density at radius 3 is 2.44 bits per heavy atom. The van der Waals surface area contributed by atoms with Gasteiger partial charge in [-0.2, -0.15) is 0 Å². The predicted octanol–water partition coefficient (Wildman–Crippen LogP) is 1.86. The van der Waals surface area contributed by atoms with Crippen molar-refractivity contribution >= 4 is 21.9 Å². The van der Waals surface area contributed by atoms with Crippen molar-refractivity contribution in [2.75, 3.05) is 38.9 Å². The fourth-order valence-electron chi connectivity index (χ4n) is 1.60. The minimum absolute atomic E-state index is 0.208. The first-order chi connectivity index (χ1) is 8.72. The second kappa shape index (κ2) is 8.39. The Labute approximate surface area is 117 Å². The predicted molar refractivity (Wildman–Crippen MR) is 75.2 cm³/mol. The minimum Gasteiger partial charge on any atom is -0.383 e. The second-order valence-electron chi connectivity index (χ2n) is 4.02. The Morgan fingerprint density at radius 2 is 1.94 bits per heavy atom. The van der Waals surface area contributed by atoms with Crippen LogP contribution in [-0.2, 0) is 14.8 Å². The summed E-state index contributed by atoms with van der Waals surface area (Å²) in [5.41, 5.74) is 1.06. The summed E-state index contributed by atoms with van der Waals surface area (Å²) in [5.74, 6) is 0.710. The van der Waals surface area contributed by atoms with Crippen LogP contribution in [0.3, 0.4) is 0 Å². The highest BCUT2D eigenvalue weighted by atomic mass is 79.9. The molecule has 5 nitrogen and oxygen atoms in total. The molecule has 0 aliphatic carbocycles. The van der Waals surface area contributed by atoms with Crippen molar-refractivity contribution in [3.8, 4) is 0 Å². The van der Waals surface area contributed by atoms with E-state index >= 15 is 0 Å². The van der Waals surface area contributed by atoms with Crippen LogP contribution in [0.2, 0.25) is 0 Å². The van der Waals surface area contributed by atoms with Gasteiger partial charge >= 0.3 is 0 Å². The van der Waals surface area contributed by atoms with Gasteiger partial charge < -0.3 is 14.4 Å². The molecule has 1 aromatic rings. The lowest BCUT2D eigenvalue weighted by Crippen LogP contribution is -2.39. The Hall–Kier alpha value is -0.720. The van der Waals surface area contributed by atoms with Crippen LogP contribution in [0.5, 0.6) is 0 Å². The first kappa shape index (κ1) is 15.3. The lowest BCUT2D eigenvalue weighted by atomic mass is 10.3. The summed E-state index contributed by atoms with van der Waals surface area (Å²) in [7, 11) is 3.38. The normalized spacial score (nSPS) is 12.4. The molecule has 6 heteroatoms. The molecule has 0 saturated heterocycles. The summed E-state index contributed by atoms with van der Waals surface area (Å²) in [6.07, 6.45) is 3.66. The number of nitrogens with zero attached hydrogens (tertiary/aromatic N) is 3. The lowest BCUT2D eigenvalue weighted by Gasteiger charge is -2.28. The zero-order valence-corrected chi connectivity index (χ0v) is 12.7. The highest BCUT2D eigenvalue weighted by Gasteiger charge is 2.16. The fraction of sp³-hybridized carbons (Fsp3) is 0.667. The van der Waals surface area contributed by atoms with E-state index in [4.69, 9.17) is 9.47 Å². The average molecular weight is 318 g/mol. The highest BCUT2D eigenvalue weighted by Crippen LogP contribution is 2.12. The largest absolute Gasteiger partial charge is 0.383 e. The first-order valence-corrected chi connectivity index (χ1v) is 6.96. The number of rotatable bonds is 8. The van der Waals surface area contributed by atoms with Crippen LogP contribution in [-0.4, -0.2) is 50.0 Å². The fourth-order valence-corrected chi connectivity index (χ4v) is 1.89. The monoisotopic (exact) mass is 317 g/mol. The molecule has 0 amide bonds. The summed E-state index contributed by atoms with van der Waals surface area (Å²) in [6.45, 7) is 4.10. The zero-order chi connectivity index (χ0) is 13.4. The van der Waals surface area contributed by atoms with Crippen molar-refractivity contribution in [3.63, 3.8) is 0 Å². The van der Waals surface area contributed by atoms with E-state index in [1.807, 2.05) is 12.4 Å². The van der Waals surface area contributed by atoms with E-state index in [2.05, 4.69) is 37.7 Å². The van der Waals surface area contributed by atoms with E-state index in [0.29, 0.717) is 19.2 Å². The molecule has 0 saturated carbocycles. The number of aromatic nitrogens is 2. The van der Waals surface area contributed by atoms with E-state index < -0.39 is 0 Å². The Bertz CT molecular complexity index is 335. The molecular formula is C12H20BrN3O2. The summed E-state index contributed by atoms with van der Waals surface area (Å²) < 4.78 is 10.3. The van der Waals surface area contributed by atoms with Gasteiger partial charge in [0, 0.05) is 38.5 Å². The Balaban J connectivity index is 2.79. The number of hydrogen-bond donors (Lipinski definition) is 0. The van der Waals surface area contributed by atoms with E-state index in [-0.39, 0.29) is 6.04 Å². The minimum atomic E-state index is 0.208. The lowest BCUT2D eigenvalue weighted by molar-refractivity contribution is 0.170. The molecule has 0 N–H and O–H groups in total. The Morgan fingerprint density at radius 1 is 1.28 bits per heavy atom. The van der Waals surface area contributed by atoms with E-state index in [1.165, 1.54) is 0 Å². The zero-order valence-electron chi connectivity index (χ0n) is 11.1. The second-order valence-corrected chi connectivity index (χ2v) is 4.58. The number of ether oxygens (including phenoxy) is 2. The van der Waals surface area contributed by atoms with Crippen molar-refractivity contribution in [2.45, 2.75) is 18.3 Å². The molecule has 1 aromatic heterocycles. The molecule has 1 heterocycles. The molecule has 1 atom stereocenters. The third-order valence-electron chi connectivity index (χ3n) is 2.58. The first-order valence-electron chi connectivity index (χ1n) is 5.84. The van der Waals surface area contributed by atoms with Crippen LogP contribution in [0, 0.1) is 0 Å². The summed E-state index contributed by atoms with van der Waals surface area (Å²) >= 11 is 3.38. The van der Waals surface area contributed by atoms with Crippen LogP contribution in [0.4, 0.5) is 5.95 Å². The number of methoxy groups -OCH3 is 2. The van der Waals surface area contributed by atoms with Gasteiger partial charge in [0.1, 0.15) is 0 Å². The van der Waals surface area contributed by atoms with E-state index in [1.54, 1.807) is 14.2 Å². The molecular weight excluding hydrogens is 298 g/mol. The van der Waals surface area contributed by atoms with Crippen LogP contribution in [0.15, 0.2) is 12.4 Å². The van der Waals surface area contributed by atoms with Crippen molar-refractivity contribution in [1.29, 1.82) is 0 Å². The van der Waals surface area contributed by atoms with Crippen LogP contribution in [0.25, 0.3) is 0 Å². The van der Waals surface area contributed by atoms with Crippen LogP contribution in [0.1, 0.15) is 12.5 Å². The van der Waals surface area contributed by atoms with Crippen molar-refractivity contribution in [2.24, 2.45) is 0 Å². The van der Waals surface area contributed by atoms with Gasteiger partial charge in [-0.05, 0) is 12.5 Å². The van der Waals surface area contributed by atoms with Crippen LogP contribution >= 0.6 is 15.9 Å². The SMILES string of the molecule is COCCN(c1ncc(CBr)cn1)C(C)COC. The third kappa shape index (κ3) is 4.51. The molecule has 0 spiro atoms. The van der Waals surface area contributed by atoms with E-state index in [0.717, 1.165) is 17.4 Å². The molecule has 0 aromatic carbocycles. The molecule has 0 bridgehead atoms. The molecule has 102 valence electrons. The standard InChI is InChI=1S/C12H20BrN3O2/c1-10(9-18-3)16(4-5-17-2)12-14-7-11(6-13)8-15-12/h7-8,10H,4-6,9H2,1-3H3. The number of alkyl halides is 1. The van der Waals surface area contributed by atoms with Crippen molar-refractivity contribution in [1.82, 2.24) is 9.97 Å². The van der Waals surface area contributed by atoms with Crippen LogP contribution < -0.4 is 4.90 Å². The molecule has 0 aliphatic heterocycles. The molecule has 18 heavy (non-hydrogen) atoms. The maximum Gasteiger partial charge on any atom is 0.225 e. The van der Waals surface area contributed by atoms with E-state index in [9.17, 15) is 0 Å². The number of hydrogen-bond acceptors (Lipinski definition) is 5. The topological polar surface area (TPSA) is 47.5 Å². The average Bonchev–Trinajstić information content (AvgIpc) is 2.40. The maximum absolute atomic E-state index is 5.19. The summed E-state index contributed by atoms with van der Waals surface area (Å²) in [6, 6.07) is 0.208. The van der Waals surface area contributed by atoms with Gasteiger partial charge in [-0.25, -0.2) is 9.97 Å². The molecule has 1 unspecified atom stereocenters. The molecule has 0 aliphatic rings. The van der Waals surface area contributed by atoms with Gasteiger partial charge in [0.15, 0.2) is 0 Å². The smallest absolute Gasteiger partial charge is 0.225 e. The summed E-state index contributed by atoms with van der Waals surface area (Å²) in [5, 5.41) is 0.763. The third-order valence-corrected chi connectivity index (χ3v) is 3.23. The molecule has 1 rings (SSSR count). The van der Waals surface area contributed by atoms with Gasteiger partial charge in [0.25, 0.3) is 0 Å². The van der Waals surface area contributed by atoms with Gasteiger partial charge in [0.05, 0.1) is 19.3 Å². The van der Waals surface area contributed by atoms with Gasteiger partial charge in [0.2, 0.25) is 5.95 Å². The molecule has 0 radical (unpaired) electrons.